The third kappa shape index (κ3) is 4.39. The number of nitrogens with zero attached hydrogens (tertiary/aromatic N) is 6. The summed E-state index contributed by atoms with van der Waals surface area (Å²) in [6.07, 6.45) is 3.89. The minimum Gasteiger partial charge on any atom is -0.367 e. The molecule has 1 aliphatic rings. The van der Waals surface area contributed by atoms with Crippen molar-refractivity contribution in [1.82, 2.24) is 20.2 Å². The van der Waals surface area contributed by atoms with Crippen LogP contribution in [0.2, 0.25) is 0 Å². The highest BCUT2D eigenvalue weighted by Gasteiger charge is 2.22. The predicted molar refractivity (Wildman–Crippen MR) is 106 cm³/mol. The number of aromatic nitrogens is 4. The van der Waals surface area contributed by atoms with Gasteiger partial charge in [-0.1, -0.05) is 20.8 Å². The fourth-order valence-corrected chi connectivity index (χ4v) is 3.00. The third-order valence-electron chi connectivity index (χ3n) is 4.63. The van der Waals surface area contributed by atoms with Gasteiger partial charge in [0.1, 0.15) is 5.82 Å². The van der Waals surface area contributed by atoms with Gasteiger partial charge in [0.25, 0.3) is 0 Å². The molecular formula is C19H29N7. The molecule has 0 spiro atoms. The van der Waals surface area contributed by atoms with E-state index in [9.17, 15) is 0 Å². The van der Waals surface area contributed by atoms with Crippen LogP contribution >= 0.6 is 0 Å². The molecule has 1 saturated heterocycles. The van der Waals surface area contributed by atoms with Gasteiger partial charge in [0.2, 0.25) is 5.95 Å². The molecule has 3 rings (SSSR count). The molecule has 26 heavy (non-hydrogen) atoms. The molecule has 0 atom stereocenters. The summed E-state index contributed by atoms with van der Waals surface area (Å²) in [5, 5.41) is 12.4. The lowest BCUT2D eigenvalue weighted by atomic mass is 9.92. The second kappa shape index (κ2) is 7.43. The number of rotatable bonds is 4. The molecule has 2 aromatic heterocycles. The van der Waals surface area contributed by atoms with E-state index >= 15 is 0 Å². The van der Waals surface area contributed by atoms with Gasteiger partial charge in [-0.25, -0.2) is 4.98 Å². The van der Waals surface area contributed by atoms with E-state index in [0.29, 0.717) is 6.04 Å². The van der Waals surface area contributed by atoms with E-state index in [1.54, 1.807) is 6.20 Å². The summed E-state index contributed by atoms with van der Waals surface area (Å²) in [4.78, 5) is 13.0. The topological polar surface area (TPSA) is 70.1 Å². The van der Waals surface area contributed by atoms with Gasteiger partial charge in [0.15, 0.2) is 5.82 Å². The highest BCUT2D eigenvalue weighted by molar-refractivity contribution is 5.43. The second-order valence-electron chi connectivity index (χ2n) is 8.07. The third-order valence-corrected chi connectivity index (χ3v) is 4.63. The molecule has 0 bridgehead atoms. The Hall–Kier alpha value is -2.44. The van der Waals surface area contributed by atoms with E-state index in [4.69, 9.17) is 0 Å². The van der Waals surface area contributed by atoms with Crippen LogP contribution in [0.1, 0.15) is 39.3 Å². The maximum absolute atomic E-state index is 4.54. The number of hydrogen-bond donors (Lipinski definition) is 1. The van der Waals surface area contributed by atoms with Crippen LogP contribution in [0.15, 0.2) is 24.4 Å². The molecule has 2 aromatic rings. The van der Waals surface area contributed by atoms with E-state index in [0.717, 1.165) is 49.2 Å². The van der Waals surface area contributed by atoms with Crippen molar-refractivity contribution in [2.75, 3.05) is 42.3 Å². The molecule has 0 aromatic carbocycles. The average molecular weight is 355 g/mol. The van der Waals surface area contributed by atoms with E-state index in [1.807, 2.05) is 25.1 Å². The van der Waals surface area contributed by atoms with E-state index in [1.165, 1.54) is 0 Å². The molecule has 0 saturated carbocycles. The number of anilines is 3. The highest BCUT2D eigenvalue weighted by Crippen LogP contribution is 2.23. The monoisotopic (exact) mass is 355 g/mol. The Balaban J connectivity index is 1.57. The summed E-state index contributed by atoms with van der Waals surface area (Å²) in [7, 11) is 3.90. The van der Waals surface area contributed by atoms with E-state index < -0.39 is 0 Å². The van der Waals surface area contributed by atoms with Gasteiger partial charge in [-0.05, 0) is 31.0 Å². The SMILES string of the molecule is CN(C)c1nccc(NC2CCN(c3ccc(C(C)(C)C)nn3)CC2)n1. The first-order valence-electron chi connectivity index (χ1n) is 9.19. The smallest absolute Gasteiger partial charge is 0.226 e. The summed E-state index contributed by atoms with van der Waals surface area (Å²) >= 11 is 0. The van der Waals surface area contributed by atoms with Crippen LogP contribution < -0.4 is 15.1 Å². The fraction of sp³-hybridized carbons (Fsp3) is 0.579. The highest BCUT2D eigenvalue weighted by atomic mass is 15.3. The molecule has 7 nitrogen and oxygen atoms in total. The van der Waals surface area contributed by atoms with Crippen molar-refractivity contribution in [3.63, 3.8) is 0 Å². The fourth-order valence-electron chi connectivity index (χ4n) is 3.00. The summed E-state index contributed by atoms with van der Waals surface area (Å²) in [5.41, 5.74) is 1.06. The largest absolute Gasteiger partial charge is 0.367 e. The van der Waals surface area contributed by atoms with Crippen molar-refractivity contribution < 1.29 is 0 Å². The zero-order valence-corrected chi connectivity index (χ0v) is 16.4. The minimum atomic E-state index is 0.0331. The van der Waals surface area contributed by atoms with Crippen LogP contribution in [-0.2, 0) is 5.41 Å². The van der Waals surface area contributed by atoms with Gasteiger partial charge in [0, 0.05) is 44.8 Å². The summed E-state index contributed by atoms with van der Waals surface area (Å²) < 4.78 is 0. The summed E-state index contributed by atoms with van der Waals surface area (Å²) in [6.45, 7) is 8.40. The van der Waals surface area contributed by atoms with Crippen LogP contribution in [0, 0.1) is 0 Å². The zero-order valence-electron chi connectivity index (χ0n) is 16.4. The van der Waals surface area contributed by atoms with Gasteiger partial charge in [0.05, 0.1) is 5.69 Å². The predicted octanol–water partition coefficient (Wildman–Crippen LogP) is 2.71. The molecule has 0 amide bonds. The van der Waals surface area contributed by atoms with Crippen LogP contribution in [0.25, 0.3) is 0 Å². The van der Waals surface area contributed by atoms with E-state index in [-0.39, 0.29) is 5.41 Å². The maximum atomic E-state index is 4.54. The maximum Gasteiger partial charge on any atom is 0.226 e. The summed E-state index contributed by atoms with van der Waals surface area (Å²) in [5.74, 6) is 2.58. The lowest BCUT2D eigenvalue weighted by molar-refractivity contribution is 0.517. The average Bonchev–Trinajstić information content (AvgIpc) is 2.62. The Kier molecular flexibility index (Phi) is 5.25. The van der Waals surface area contributed by atoms with Crippen LogP contribution in [0.5, 0.6) is 0 Å². The van der Waals surface area contributed by atoms with Crippen molar-refractivity contribution in [2.45, 2.75) is 45.1 Å². The van der Waals surface area contributed by atoms with Gasteiger partial charge in [-0.3, -0.25) is 0 Å². The molecule has 1 aliphatic heterocycles. The van der Waals surface area contributed by atoms with Crippen molar-refractivity contribution in [3.8, 4) is 0 Å². The van der Waals surface area contributed by atoms with Crippen molar-refractivity contribution >= 4 is 17.6 Å². The number of nitrogens with one attached hydrogen (secondary N) is 1. The van der Waals surface area contributed by atoms with E-state index in [2.05, 4.69) is 63.3 Å². The van der Waals surface area contributed by atoms with Crippen LogP contribution in [0.4, 0.5) is 17.6 Å². The van der Waals surface area contributed by atoms with Gasteiger partial charge < -0.3 is 15.1 Å². The van der Waals surface area contributed by atoms with Gasteiger partial charge in [-0.2, -0.15) is 10.1 Å². The molecule has 140 valence electrons. The quantitative estimate of drug-likeness (QED) is 0.904. The molecule has 0 unspecified atom stereocenters. The van der Waals surface area contributed by atoms with Gasteiger partial charge in [-0.15, -0.1) is 5.10 Å². The molecule has 3 heterocycles. The Morgan fingerprint density at radius 1 is 1.08 bits per heavy atom. The zero-order chi connectivity index (χ0) is 18.7. The van der Waals surface area contributed by atoms with Crippen molar-refractivity contribution in [1.29, 1.82) is 0 Å². The Bertz CT molecular complexity index is 713. The Morgan fingerprint density at radius 3 is 2.38 bits per heavy atom. The molecular weight excluding hydrogens is 326 g/mol. The summed E-state index contributed by atoms with van der Waals surface area (Å²) in [6, 6.07) is 6.53. The van der Waals surface area contributed by atoms with Crippen molar-refractivity contribution in [2.24, 2.45) is 0 Å². The van der Waals surface area contributed by atoms with Gasteiger partial charge >= 0.3 is 0 Å². The molecule has 1 fully saturated rings. The Labute approximate surface area is 155 Å². The molecule has 0 aliphatic carbocycles. The first-order valence-corrected chi connectivity index (χ1v) is 9.19. The number of piperidine rings is 1. The lowest BCUT2D eigenvalue weighted by Gasteiger charge is -2.33. The van der Waals surface area contributed by atoms with Crippen LogP contribution in [-0.4, -0.2) is 53.4 Å². The minimum absolute atomic E-state index is 0.0331. The second-order valence-corrected chi connectivity index (χ2v) is 8.07. The first-order chi connectivity index (χ1) is 12.3. The molecule has 7 heteroatoms. The normalized spacial score (nSPS) is 15.8. The first kappa shape index (κ1) is 18.4. The van der Waals surface area contributed by atoms with Crippen molar-refractivity contribution in [3.05, 3.63) is 30.1 Å². The Morgan fingerprint density at radius 2 is 1.81 bits per heavy atom. The lowest BCUT2D eigenvalue weighted by Crippen LogP contribution is -2.39. The van der Waals surface area contributed by atoms with Crippen LogP contribution in [0.3, 0.4) is 0 Å². The molecule has 0 radical (unpaired) electrons. The number of hydrogen-bond acceptors (Lipinski definition) is 7. The molecule has 1 N–H and O–H groups in total. The standard InChI is InChI=1S/C19H29N7/c1-19(2,3)15-6-7-17(24-23-15)26-12-9-14(10-13-26)21-16-8-11-20-18(22-16)25(4)5/h6-8,11,14H,9-10,12-13H2,1-5H3,(H,20,21,22).